The maximum Gasteiger partial charge on any atom is 0.239 e. The highest BCUT2D eigenvalue weighted by atomic mass is 16.5. The zero-order valence-corrected chi connectivity index (χ0v) is 15.9. The fourth-order valence-electron chi connectivity index (χ4n) is 2.33. The van der Waals surface area contributed by atoms with Gasteiger partial charge in [0.15, 0.2) is 5.96 Å². The minimum atomic E-state index is -0.131. The van der Waals surface area contributed by atoms with Crippen LogP contribution >= 0.6 is 0 Å². The molecule has 0 aliphatic carbocycles. The van der Waals surface area contributed by atoms with Gasteiger partial charge in [0.1, 0.15) is 5.76 Å². The Hall–Kier alpha value is -2.80. The number of hydrogen-bond acceptors (Lipinski definition) is 4. The van der Waals surface area contributed by atoms with E-state index >= 15 is 0 Å². The largest absolute Gasteiger partial charge is 0.467 e. The number of aliphatic imine (C=N–C) groups is 1. The van der Waals surface area contributed by atoms with Gasteiger partial charge in [-0.2, -0.15) is 0 Å². The molecule has 1 amide bonds. The van der Waals surface area contributed by atoms with Crippen LogP contribution in [0.5, 0.6) is 0 Å². The maximum absolute atomic E-state index is 11.9. The van der Waals surface area contributed by atoms with Crippen LogP contribution in [0.15, 0.2) is 58.1 Å². The van der Waals surface area contributed by atoms with Crippen molar-refractivity contribution in [3.8, 4) is 0 Å². The number of guanidine groups is 1. The number of hydrogen-bond donors (Lipinski definition) is 3. The Balaban J connectivity index is 1.57. The number of nitrogens with one attached hydrogen (secondary N) is 3. The predicted octanol–water partition coefficient (Wildman–Crippen LogP) is 1.91. The van der Waals surface area contributed by atoms with E-state index in [1.54, 1.807) is 19.4 Å². The van der Waals surface area contributed by atoms with Crippen LogP contribution in [0.3, 0.4) is 0 Å². The monoisotopic (exact) mass is 372 g/mol. The van der Waals surface area contributed by atoms with Crippen molar-refractivity contribution in [1.29, 1.82) is 0 Å². The summed E-state index contributed by atoms with van der Waals surface area (Å²) in [7, 11) is 1.67. The van der Waals surface area contributed by atoms with Gasteiger partial charge in [-0.1, -0.05) is 37.3 Å². The van der Waals surface area contributed by atoms with Gasteiger partial charge in [0, 0.05) is 13.6 Å². The first kappa shape index (κ1) is 20.5. The smallest absolute Gasteiger partial charge is 0.239 e. The zero-order valence-electron chi connectivity index (χ0n) is 15.9. The quantitative estimate of drug-likeness (QED) is 0.438. The Kier molecular flexibility index (Phi) is 8.92. The summed E-state index contributed by atoms with van der Waals surface area (Å²) in [4.78, 5) is 16.0. The van der Waals surface area contributed by atoms with Crippen molar-refractivity contribution < 1.29 is 13.9 Å². The van der Waals surface area contributed by atoms with Crippen molar-refractivity contribution in [2.45, 2.75) is 20.1 Å². The molecule has 0 radical (unpaired) electrons. The molecule has 0 spiro atoms. The minimum absolute atomic E-state index is 0.131. The second-order valence-corrected chi connectivity index (χ2v) is 6.27. The number of ether oxygens (including phenoxy) is 1. The highest BCUT2D eigenvalue weighted by Gasteiger charge is 2.07. The van der Waals surface area contributed by atoms with Crippen molar-refractivity contribution in [2.75, 3.05) is 26.7 Å². The summed E-state index contributed by atoms with van der Waals surface area (Å²) in [5.41, 5.74) is 1.16. The summed E-state index contributed by atoms with van der Waals surface area (Å²) in [6, 6.07) is 13.7. The molecule has 2 rings (SSSR count). The molecule has 7 nitrogen and oxygen atoms in total. The minimum Gasteiger partial charge on any atom is -0.467 e. The molecule has 0 saturated carbocycles. The lowest BCUT2D eigenvalue weighted by molar-refractivity contribution is -0.120. The molecule has 27 heavy (non-hydrogen) atoms. The standard InChI is InChI=1S/C20H28N4O3/c1-16(14-26-15-17-7-4-3-5-8-17)11-23-20(21-2)24-13-19(25)22-12-18-9-6-10-27-18/h3-10,16H,11-15H2,1-2H3,(H,22,25)(H2,21,23,24). The normalized spacial score (nSPS) is 12.4. The van der Waals surface area contributed by atoms with E-state index in [0.29, 0.717) is 38.2 Å². The van der Waals surface area contributed by atoms with E-state index in [0.717, 1.165) is 11.3 Å². The van der Waals surface area contributed by atoms with Crippen molar-refractivity contribution in [2.24, 2.45) is 10.9 Å². The van der Waals surface area contributed by atoms with Crippen molar-refractivity contribution in [3.05, 3.63) is 60.1 Å². The fraction of sp³-hybridized carbons (Fsp3) is 0.400. The van der Waals surface area contributed by atoms with Gasteiger partial charge < -0.3 is 25.1 Å². The van der Waals surface area contributed by atoms with E-state index in [1.165, 1.54) is 0 Å². The van der Waals surface area contributed by atoms with Gasteiger partial charge in [-0.3, -0.25) is 9.79 Å². The van der Waals surface area contributed by atoms with Gasteiger partial charge in [-0.25, -0.2) is 0 Å². The van der Waals surface area contributed by atoms with E-state index in [9.17, 15) is 4.79 Å². The van der Waals surface area contributed by atoms with Crippen LogP contribution in [-0.4, -0.2) is 38.6 Å². The number of rotatable bonds is 10. The SMILES string of the molecule is CN=C(NCC(=O)NCc1ccco1)NCC(C)COCc1ccccc1. The summed E-state index contributed by atoms with van der Waals surface area (Å²) >= 11 is 0. The van der Waals surface area contributed by atoms with Crippen LogP contribution in [0.25, 0.3) is 0 Å². The summed E-state index contributed by atoms with van der Waals surface area (Å²) < 4.78 is 10.9. The number of nitrogens with zero attached hydrogens (tertiary/aromatic N) is 1. The lowest BCUT2D eigenvalue weighted by atomic mass is 10.2. The molecule has 1 unspecified atom stereocenters. The highest BCUT2D eigenvalue weighted by molar-refractivity contribution is 5.86. The molecular formula is C20H28N4O3. The molecule has 0 fully saturated rings. The van der Waals surface area contributed by atoms with Gasteiger partial charge in [0.2, 0.25) is 5.91 Å². The molecule has 1 heterocycles. The van der Waals surface area contributed by atoms with Crippen LogP contribution in [0.2, 0.25) is 0 Å². The Morgan fingerprint density at radius 3 is 2.67 bits per heavy atom. The van der Waals surface area contributed by atoms with E-state index < -0.39 is 0 Å². The maximum atomic E-state index is 11.9. The zero-order chi connectivity index (χ0) is 19.3. The molecule has 1 aromatic heterocycles. The lowest BCUT2D eigenvalue weighted by Gasteiger charge is -2.16. The number of amides is 1. The fourth-order valence-corrected chi connectivity index (χ4v) is 2.33. The van der Waals surface area contributed by atoms with Gasteiger partial charge in [0.25, 0.3) is 0 Å². The van der Waals surface area contributed by atoms with Crippen LogP contribution < -0.4 is 16.0 Å². The van der Waals surface area contributed by atoms with E-state index in [-0.39, 0.29) is 12.5 Å². The predicted molar refractivity (Wildman–Crippen MR) is 105 cm³/mol. The number of carbonyl (C=O) groups excluding carboxylic acids is 1. The summed E-state index contributed by atoms with van der Waals surface area (Å²) in [5, 5.41) is 8.97. The summed E-state index contributed by atoms with van der Waals surface area (Å²) in [6.45, 7) is 4.55. The first-order valence-electron chi connectivity index (χ1n) is 9.02. The van der Waals surface area contributed by atoms with Gasteiger partial charge in [0.05, 0.1) is 32.6 Å². The Labute approximate surface area is 160 Å². The molecule has 0 saturated heterocycles. The second kappa shape index (κ2) is 11.7. The van der Waals surface area contributed by atoms with E-state index in [4.69, 9.17) is 9.15 Å². The van der Waals surface area contributed by atoms with Crippen molar-refractivity contribution in [1.82, 2.24) is 16.0 Å². The average molecular weight is 372 g/mol. The highest BCUT2D eigenvalue weighted by Crippen LogP contribution is 2.03. The molecular weight excluding hydrogens is 344 g/mol. The van der Waals surface area contributed by atoms with E-state index in [2.05, 4.69) is 27.9 Å². The first-order valence-corrected chi connectivity index (χ1v) is 9.02. The number of furan rings is 1. The third kappa shape index (κ3) is 8.42. The molecule has 146 valence electrons. The van der Waals surface area contributed by atoms with E-state index in [1.807, 2.05) is 36.4 Å². The third-order valence-corrected chi connectivity index (χ3v) is 3.81. The Bertz CT molecular complexity index is 687. The average Bonchev–Trinajstić information content (AvgIpc) is 3.21. The molecule has 7 heteroatoms. The second-order valence-electron chi connectivity index (χ2n) is 6.27. The molecule has 1 aromatic carbocycles. The topological polar surface area (TPSA) is 87.9 Å². The van der Waals surface area contributed by atoms with Crippen LogP contribution in [0.1, 0.15) is 18.2 Å². The summed E-state index contributed by atoms with van der Waals surface area (Å²) in [5.74, 6) is 1.47. The van der Waals surface area contributed by atoms with Gasteiger partial charge in [-0.15, -0.1) is 0 Å². The first-order chi connectivity index (χ1) is 13.2. The number of benzene rings is 1. The van der Waals surface area contributed by atoms with Crippen LogP contribution in [0, 0.1) is 5.92 Å². The van der Waals surface area contributed by atoms with Crippen LogP contribution in [-0.2, 0) is 22.7 Å². The van der Waals surface area contributed by atoms with Crippen molar-refractivity contribution in [3.63, 3.8) is 0 Å². The molecule has 0 bridgehead atoms. The summed E-state index contributed by atoms with van der Waals surface area (Å²) in [6.07, 6.45) is 1.58. The number of carbonyl (C=O) groups is 1. The van der Waals surface area contributed by atoms with Gasteiger partial charge >= 0.3 is 0 Å². The lowest BCUT2D eigenvalue weighted by Crippen LogP contribution is -2.44. The third-order valence-electron chi connectivity index (χ3n) is 3.81. The van der Waals surface area contributed by atoms with Crippen molar-refractivity contribution >= 4 is 11.9 Å². The Morgan fingerprint density at radius 2 is 1.96 bits per heavy atom. The molecule has 3 N–H and O–H groups in total. The molecule has 0 aliphatic rings. The van der Waals surface area contributed by atoms with Crippen LogP contribution in [0.4, 0.5) is 0 Å². The Morgan fingerprint density at radius 1 is 1.15 bits per heavy atom. The molecule has 2 aromatic rings. The van der Waals surface area contributed by atoms with Gasteiger partial charge in [-0.05, 0) is 23.6 Å². The molecule has 0 aliphatic heterocycles. The molecule has 1 atom stereocenters.